The maximum Gasteiger partial charge on any atom is 0.407 e. The smallest absolute Gasteiger partial charge is 0.407 e. The van der Waals surface area contributed by atoms with E-state index in [0.29, 0.717) is 0 Å². The van der Waals surface area contributed by atoms with Crippen LogP contribution >= 0.6 is 0 Å². The summed E-state index contributed by atoms with van der Waals surface area (Å²) in [5.74, 6) is 2.32. The van der Waals surface area contributed by atoms with Crippen LogP contribution in [0.15, 0.2) is 0 Å². The van der Waals surface area contributed by atoms with Gasteiger partial charge in [-0.3, -0.25) is 4.90 Å². The highest BCUT2D eigenvalue weighted by molar-refractivity contribution is 5.65. The van der Waals surface area contributed by atoms with Crippen molar-refractivity contribution < 1.29 is 19.7 Å². The molecule has 0 aromatic heterocycles. The molecule has 0 saturated carbocycles. The van der Waals surface area contributed by atoms with Crippen molar-refractivity contribution in [2.45, 2.75) is 12.1 Å². The van der Waals surface area contributed by atoms with Crippen LogP contribution in [0.4, 0.5) is 4.79 Å². The Bertz CT molecular complexity index is 235. The molecular weight excluding hydrogens is 174 g/mol. The van der Waals surface area contributed by atoms with Crippen molar-refractivity contribution in [3.05, 3.63) is 0 Å². The molecule has 5 nitrogen and oxygen atoms in total. The molecule has 2 atom stereocenters. The number of carbonyl (C=O) groups is 1. The van der Waals surface area contributed by atoms with Crippen molar-refractivity contribution in [1.29, 1.82) is 0 Å². The third-order valence-corrected chi connectivity index (χ3v) is 1.94. The quantitative estimate of drug-likeness (QED) is 0.533. The van der Waals surface area contributed by atoms with Gasteiger partial charge in [0.1, 0.15) is 6.10 Å². The monoisotopic (exact) mass is 185 g/mol. The fourth-order valence-electron chi connectivity index (χ4n) is 1.18. The van der Waals surface area contributed by atoms with Gasteiger partial charge in [0.15, 0.2) is 0 Å². The van der Waals surface area contributed by atoms with E-state index in [2.05, 4.69) is 5.92 Å². The average molecular weight is 185 g/mol. The number of hydrogen-bond donors (Lipinski definition) is 2. The zero-order chi connectivity index (χ0) is 9.84. The Morgan fingerprint density at radius 2 is 2.46 bits per heavy atom. The molecule has 1 amide bonds. The van der Waals surface area contributed by atoms with Gasteiger partial charge in [-0.05, 0) is 0 Å². The van der Waals surface area contributed by atoms with E-state index in [-0.39, 0.29) is 19.8 Å². The van der Waals surface area contributed by atoms with Crippen molar-refractivity contribution in [3.63, 3.8) is 0 Å². The summed E-state index contributed by atoms with van der Waals surface area (Å²) in [5, 5.41) is 17.6. The number of aliphatic hydroxyl groups excluding tert-OH is 1. The van der Waals surface area contributed by atoms with Crippen molar-refractivity contribution in [3.8, 4) is 12.3 Å². The van der Waals surface area contributed by atoms with Crippen LogP contribution in [0.5, 0.6) is 0 Å². The predicted octanol–water partition coefficient (Wildman–Crippen LogP) is -0.641. The molecule has 0 aliphatic carbocycles. The normalized spacial score (nSPS) is 28.2. The summed E-state index contributed by atoms with van der Waals surface area (Å²) >= 11 is 0. The van der Waals surface area contributed by atoms with Crippen molar-refractivity contribution in [1.82, 2.24) is 4.90 Å². The summed E-state index contributed by atoms with van der Waals surface area (Å²) in [4.78, 5) is 11.8. The first-order valence-corrected chi connectivity index (χ1v) is 3.87. The number of terminal acetylenes is 1. The molecule has 0 aromatic carbocycles. The predicted molar refractivity (Wildman–Crippen MR) is 44.2 cm³/mol. The SMILES string of the molecule is C#C[C@@H]1CN(C(=O)O)[C@H](CO)CO1. The lowest BCUT2D eigenvalue weighted by Gasteiger charge is -2.34. The van der Waals surface area contributed by atoms with Gasteiger partial charge < -0.3 is 14.9 Å². The molecular formula is C8H11NO4. The number of carboxylic acid groups (broad SMARTS) is 1. The summed E-state index contributed by atoms with van der Waals surface area (Å²) in [6.07, 6.45) is 3.51. The van der Waals surface area contributed by atoms with E-state index in [4.69, 9.17) is 21.4 Å². The molecule has 0 aromatic rings. The zero-order valence-electron chi connectivity index (χ0n) is 7.01. The van der Waals surface area contributed by atoms with Crippen LogP contribution in [0, 0.1) is 12.3 Å². The molecule has 0 bridgehead atoms. The van der Waals surface area contributed by atoms with Crippen LogP contribution < -0.4 is 0 Å². The summed E-state index contributed by atoms with van der Waals surface area (Å²) in [6, 6.07) is -0.498. The molecule has 1 saturated heterocycles. The lowest BCUT2D eigenvalue weighted by atomic mass is 10.2. The maximum absolute atomic E-state index is 10.7. The molecule has 1 aliphatic rings. The van der Waals surface area contributed by atoms with E-state index >= 15 is 0 Å². The fraction of sp³-hybridized carbons (Fsp3) is 0.625. The highest BCUT2D eigenvalue weighted by Gasteiger charge is 2.30. The molecule has 0 radical (unpaired) electrons. The number of hydrogen-bond acceptors (Lipinski definition) is 3. The van der Waals surface area contributed by atoms with Gasteiger partial charge in [-0.15, -0.1) is 6.42 Å². The number of nitrogens with zero attached hydrogens (tertiary/aromatic N) is 1. The van der Waals surface area contributed by atoms with Gasteiger partial charge in [0, 0.05) is 0 Å². The third-order valence-electron chi connectivity index (χ3n) is 1.94. The Morgan fingerprint density at radius 3 is 2.92 bits per heavy atom. The van der Waals surface area contributed by atoms with Gasteiger partial charge in [0.05, 0.1) is 25.8 Å². The number of aliphatic hydroxyl groups is 1. The molecule has 1 heterocycles. The Hall–Kier alpha value is -1.25. The van der Waals surface area contributed by atoms with E-state index in [9.17, 15) is 4.79 Å². The molecule has 1 rings (SSSR count). The molecule has 1 fully saturated rings. The van der Waals surface area contributed by atoms with E-state index in [1.165, 1.54) is 0 Å². The van der Waals surface area contributed by atoms with Gasteiger partial charge in [0.2, 0.25) is 0 Å². The second-order valence-electron chi connectivity index (χ2n) is 2.76. The van der Waals surface area contributed by atoms with Crippen molar-refractivity contribution >= 4 is 6.09 Å². The van der Waals surface area contributed by atoms with Gasteiger partial charge in [-0.1, -0.05) is 5.92 Å². The van der Waals surface area contributed by atoms with E-state index in [1.54, 1.807) is 0 Å². The minimum atomic E-state index is -1.08. The third kappa shape index (κ3) is 2.11. The number of rotatable bonds is 1. The zero-order valence-corrected chi connectivity index (χ0v) is 7.01. The van der Waals surface area contributed by atoms with Gasteiger partial charge in [-0.25, -0.2) is 4.79 Å². The standard InChI is InChI=1S/C8H11NO4/c1-2-7-3-9(8(11)12)6(4-10)5-13-7/h1,6-7,10H,3-5H2,(H,11,12)/t6-,7-/m1/s1. The Balaban J connectivity index is 2.64. The minimum Gasteiger partial charge on any atom is -0.465 e. The number of ether oxygens (including phenoxy) is 1. The fourth-order valence-corrected chi connectivity index (χ4v) is 1.18. The number of morpholine rings is 1. The second kappa shape index (κ2) is 4.12. The van der Waals surface area contributed by atoms with Crippen LogP contribution in [0.1, 0.15) is 0 Å². The molecule has 5 heteroatoms. The van der Waals surface area contributed by atoms with Crippen LogP contribution in [-0.4, -0.2) is 53.1 Å². The Morgan fingerprint density at radius 1 is 1.77 bits per heavy atom. The van der Waals surface area contributed by atoms with Crippen LogP contribution in [0.3, 0.4) is 0 Å². The van der Waals surface area contributed by atoms with Gasteiger partial charge in [0.25, 0.3) is 0 Å². The highest BCUT2D eigenvalue weighted by atomic mass is 16.5. The van der Waals surface area contributed by atoms with E-state index in [1.807, 2.05) is 0 Å². The Labute approximate surface area is 75.9 Å². The lowest BCUT2D eigenvalue weighted by Crippen LogP contribution is -2.53. The molecule has 1 aliphatic heterocycles. The van der Waals surface area contributed by atoms with Crippen LogP contribution in [0.2, 0.25) is 0 Å². The Kier molecular flexibility index (Phi) is 3.12. The van der Waals surface area contributed by atoms with Gasteiger partial charge >= 0.3 is 6.09 Å². The largest absolute Gasteiger partial charge is 0.465 e. The summed E-state index contributed by atoms with van der Waals surface area (Å²) < 4.78 is 5.11. The number of amides is 1. The lowest BCUT2D eigenvalue weighted by molar-refractivity contribution is -0.0440. The summed E-state index contributed by atoms with van der Waals surface area (Å²) in [5.41, 5.74) is 0. The molecule has 72 valence electrons. The summed E-state index contributed by atoms with van der Waals surface area (Å²) in [6.45, 7) is 0.0261. The van der Waals surface area contributed by atoms with Crippen LogP contribution in [-0.2, 0) is 4.74 Å². The topological polar surface area (TPSA) is 70.0 Å². The molecule has 2 N–H and O–H groups in total. The molecule has 0 spiro atoms. The minimum absolute atomic E-state index is 0.122. The first-order valence-electron chi connectivity index (χ1n) is 3.87. The first kappa shape index (κ1) is 9.84. The highest BCUT2D eigenvalue weighted by Crippen LogP contribution is 2.11. The van der Waals surface area contributed by atoms with Crippen molar-refractivity contribution in [2.75, 3.05) is 19.8 Å². The first-order chi connectivity index (χ1) is 6.19. The molecule has 13 heavy (non-hydrogen) atoms. The second-order valence-corrected chi connectivity index (χ2v) is 2.76. The maximum atomic E-state index is 10.7. The van der Waals surface area contributed by atoms with Crippen LogP contribution in [0.25, 0.3) is 0 Å². The van der Waals surface area contributed by atoms with E-state index in [0.717, 1.165) is 4.90 Å². The van der Waals surface area contributed by atoms with Gasteiger partial charge in [-0.2, -0.15) is 0 Å². The summed E-state index contributed by atoms with van der Waals surface area (Å²) in [7, 11) is 0. The molecule has 0 unspecified atom stereocenters. The average Bonchev–Trinajstić information content (AvgIpc) is 2.16. The van der Waals surface area contributed by atoms with Crippen molar-refractivity contribution in [2.24, 2.45) is 0 Å². The van der Waals surface area contributed by atoms with E-state index < -0.39 is 18.2 Å².